The number of hydrogen-bond acceptors (Lipinski definition) is 3. The maximum Gasteiger partial charge on any atom is 0.255 e. The number of rotatable bonds is 3. The Morgan fingerprint density at radius 3 is 2.77 bits per heavy atom. The summed E-state index contributed by atoms with van der Waals surface area (Å²) in [5.74, 6) is -1.84. The summed E-state index contributed by atoms with van der Waals surface area (Å²) in [6, 6.07) is 7.91. The van der Waals surface area contributed by atoms with E-state index in [0.717, 1.165) is 23.8 Å². The molecule has 1 amide bonds. The molecule has 1 aromatic carbocycles. The molecule has 1 N–H and O–H groups in total. The smallest absolute Gasteiger partial charge is 0.255 e. The molecule has 0 saturated heterocycles. The second-order valence-corrected chi connectivity index (χ2v) is 5.30. The van der Waals surface area contributed by atoms with E-state index in [0.29, 0.717) is 11.3 Å². The van der Waals surface area contributed by atoms with Gasteiger partial charge in [0.2, 0.25) is 0 Å². The minimum absolute atomic E-state index is 0.195. The highest BCUT2D eigenvalue weighted by molar-refractivity contribution is 7.08. The lowest BCUT2D eigenvalue weighted by atomic mass is 10.1. The number of carbonyl (C=O) groups is 1. The average molecular weight is 316 g/mol. The van der Waals surface area contributed by atoms with Crippen molar-refractivity contribution in [1.29, 1.82) is 0 Å². The van der Waals surface area contributed by atoms with Gasteiger partial charge in [0.05, 0.1) is 11.4 Å². The lowest BCUT2D eigenvalue weighted by Gasteiger charge is -2.07. The summed E-state index contributed by atoms with van der Waals surface area (Å²) in [6.07, 6.45) is 1.50. The van der Waals surface area contributed by atoms with Gasteiger partial charge in [-0.3, -0.25) is 9.78 Å². The normalized spacial score (nSPS) is 10.5. The molecule has 6 heteroatoms. The first-order chi connectivity index (χ1) is 10.6. The Bertz CT molecular complexity index is 819. The molecule has 2 heterocycles. The molecule has 22 heavy (non-hydrogen) atoms. The van der Waals surface area contributed by atoms with Crippen LogP contribution in [0, 0.1) is 11.6 Å². The zero-order chi connectivity index (χ0) is 15.5. The summed E-state index contributed by atoms with van der Waals surface area (Å²) in [5, 5.41) is 6.18. The zero-order valence-electron chi connectivity index (χ0n) is 11.2. The molecule has 3 aromatic rings. The van der Waals surface area contributed by atoms with Crippen molar-refractivity contribution in [3.05, 3.63) is 70.6 Å². The van der Waals surface area contributed by atoms with Crippen molar-refractivity contribution in [2.24, 2.45) is 0 Å². The van der Waals surface area contributed by atoms with Gasteiger partial charge in [-0.25, -0.2) is 8.78 Å². The van der Waals surface area contributed by atoms with E-state index in [1.165, 1.54) is 23.6 Å². The fourth-order valence-electron chi connectivity index (χ4n) is 1.93. The Kier molecular flexibility index (Phi) is 3.93. The Labute approximate surface area is 129 Å². The van der Waals surface area contributed by atoms with Crippen molar-refractivity contribution in [2.75, 3.05) is 5.32 Å². The van der Waals surface area contributed by atoms with Crippen LogP contribution in [0.2, 0.25) is 0 Å². The van der Waals surface area contributed by atoms with Crippen molar-refractivity contribution < 1.29 is 13.6 Å². The van der Waals surface area contributed by atoms with Crippen LogP contribution in [0.15, 0.2) is 53.4 Å². The van der Waals surface area contributed by atoms with Gasteiger partial charge >= 0.3 is 0 Å². The third kappa shape index (κ3) is 3.01. The Hall–Kier alpha value is -2.60. The largest absolute Gasteiger partial charge is 0.319 e. The number of pyridine rings is 1. The van der Waals surface area contributed by atoms with E-state index in [1.807, 2.05) is 16.8 Å². The highest BCUT2D eigenvalue weighted by atomic mass is 32.1. The van der Waals surface area contributed by atoms with Crippen molar-refractivity contribution in [1.82, 2.24) is 4.98 Å². The van der Waals surface area contributed by atoms with Gasteiger partial charge in [0.15, 0.2) is 0 Å². The summed E-state index contributed by atoms with van der Waals surface area (Å²) in [4.78, 5) is 16.4. The SMILES string of the molecule is O=C(Nc1cc(F)ccc1F)c1ccnc(-c2ccsc2)c1. The average Bonchev–Trinajstić information content (AvgIpc) is 3.05. The molecular weight excluding hydrogens is 306 g/mol. The minimum Gasteiger partial charge on any atom is -0.319 e. The summed E-state index contributed by atoms with van der Waals surface area (Å²) in [6.45, 7) is 0. The van der Waals surface area contributed by atoms with Crippen LogP contribution in [0.4, 0.5) is 14.5 Å². The molecule has 110 valence electrons. The van der Waals surface area contributed by atoms with Crippen LogP contribution in [0.3, 0.4) is 0 Å². The zero-order valence-corrected chi connectivity index (χ0v) is 12.0. The molecule has 0 atom stereocenters. The summed E-state index contributed by atoms with van der Waals surface area (Å²) < 4.78 is 26.7. The molecule has 0 aliphatic heterocycles. The molecule has 3 rings (SSSR count). The molecule has 0 bridgehead atoms. The molecular formula is C16H10F2N2OS. The van der Waals surface area contributed by atoms with Crippen molar-refractivity contribution in [2.45, 2.75) is 0 Å². The third-order valence-electron chi connectivity index (χ3n) is 3.02. The molecule has 0 fully saturated rings. The van der Waals surface area contributed by atoms with E-state index in [-0.39, 0.29) is 5.69 Å². The van der Waals surface area contributed by atoms with Crippen molar-refractivity contribution in [3.8, 4) is 11.3 Å². The van der Waals surface area contributed by atoms with Crippen LogP contribution in [-0.4, -0.2) is 10.9 Å². The van der Waals surface area contributed by atoms with Crippen molar-refractivity contribution in [3.63, 3.8) is 0 Å². The standard InChI is InChI=1S/C16H10F2N2OS/c17-12-1-2-13(18)15(8-12)20-16(21)10-3-5-19-14(7-10)11-4-6-22-9-11/h1-9H,(H,20,21). The number of halogens is 2. The number of hydrogen-bond donors (Lipinski definition) is 1. The highest BCUT2D eigenvalue weighted by Gasteiger charge is 2.12. The lowest BCUT2D eigenvalue weighted by Crippen LogP contribution is -2.13. The molecule has 0 aliphatic carbocycles. The van der Waals surface area contributed by atoms with Gasteiger partial charge < -0.3 is 5.32 Å². The monoisotopic (exact) mass is 316 g/mol. The number of nitrogens with one attached hydrogen (secondary N) is 1. The second-order valence-electron chi connectivity index (χ2n) is 4.52. The minimum atomic E-state index is -0.693. The predicted octanol–water partition coefficient (Wildman–Crippen LogP) is 4.34. The van der Waals surface area contributed by atoms with Crippen LogP contribution >= 0.6 is 11.3 Å². The molecule has 0 saturated carbocycles. The first-order valence-electron chi connectivity index (χ1n) is 6.38. The molecule has 0 aliphatic rings. The van der Waals surface area contributed by atoms with Crippen LogP contribution in [0.5, 0.6) is 0 Å². The van der Waals surface area contributed by atoms with Crippen LogP contribution in [-0.2, 0) is 0 Å². The van der Waals surface area contributed by atoms with Gasteiger partial charge in [-0.2, -0.15) is 11.3 Å². The van der Waals surface area contributed by atoms with Crippen molar-refractivity contribution >= 4 is 22.9 Å². The van der Waals surface area contributed by atoms with Gasteiger partial charge in [-0.15, -0.1) is 0 Å². The fourth-order valence-corrected chi connectivity index (χ4v) is 2.58. The third-order valence-corrected chi connectivity index (χ3v) is 3.70. The Balaban J connectivity index is 1.86. The van der Waals surface area contributed by atoms with Crippen LogP contribution < -0.4 is 5.32 Å². The maximum atomic E-state index is 13.6. The number of amides is 1. The number of thiophene rings is 1. The number of aromatic nitrogens is 1. The van der Waals surface area contributed by atoms with Gasteiger partial charge in [0.25, 0.3) is 5.91 Å². The first kappa shape index (κ1) is 14.3. The van der Waals surface area contributed by atoms with E-state index >= 15 is 0 Å². The molecule has 2 aromatic heterocycles. The van der Waals surface area contributed by atoms with E-state index in [9.17, 15) is 13.6 Å². The van der Waals surface area contributed by atoms with Gasteiger partial charge in [0.1, 0.15) is 11.6 Å². The maximum absolute atomic E-state index is 13.6. The predicted molar refractivity (Wildman–Crippen MR) is 81.9 cm³/mol. The van der Waals surface area contributed by atoms with Gasteiger partial charge in [0, 0.05) is 28.8 Å². The molecule has 3 nitrogen and oxygen atoms in total. The quantitative estimate of drug-likeness (QED) is 0.781. The van der Waals surface area contributed by atoms with Crippen LogP contribution in [0.25, 0.3) is 11.3 Å². The Morgan fingerprint density at radius 1 is 1.14 bits per heavy atom. The second kappa shape index (κ2) is 6.03. The summed E-state index contributed by atoms with van der Waals surface area (Å²) in [7, 11) is 0. The first-order valence-corrected chi connectivity index (χ1v) is 7.33. The molecule has 0 radical (unpaired) electrons. The number of anilines is 1. The Morgan fingerprint density at radius 2 is 2.00 bits per heavy atom. The van der Waals surface area contributed by atoms with Crippen LogP contribution in [0.1, 0.15) is 10.4 Å². The number of carbonyl (C=O) groups excluding carboxylic acids is 1. The highest BCUT2D eigenvalue weighted by Crippen LogP contribution is 2.21. The van der Waals surface area contributed by atoms with E-state index in [4.69, 9.17) is 0 Å². The number of nitrogens with zero attached hydrogens (tertiary/aromatic N) is 1. The molecule has 0 spiro atoms. The fraction of sp³-hybridized carbons (Fsp3) is 0. The van der Waals surface area contributed by atoms with Gasteiger partial charge in [-0.05, 0) is 35.7 Å². The van der Waals surface area contributed by atoms with E-state index in [2.05, 4.69) is 10.3 Å². The topological polar surface area (TPSA) is 42.0 Å². The van der Waals surface area contributed by atoms with Gasteiger partial charge in [-0.1, -0.05) is 0 Å². The summed E-state index contributed by atoms with van der Waals surface area (Å²) in [5.41, 5.74) is 1.67. The lowest BCUT2D eigenvalue weighted by molar-refractivity contribution is 0.102. The number of benzene rings is 1. The summed E-state index contributed by atoms with van der Waals surface area (Å²) >= 11 is 1.52. The molecule has 0 unspecified atom stereocenters. The van der Waals surface area contributed by atoms with E-state index < -0.39 is 17.5 Å². The van der Waals surface area contributed by atoms with E-state index in [1.54, 1.807) is 6.07 Å².